The van der Waals surface area contributed by atoms with Gasteiger partial charge in [0.25, 0.3) is 0 Å². The average Bonchev–Trinajstić information content (AvgIpc) is 3.46. The SMILES string of the molecule is COc1cc(C)c(Cl)c(C)c1CC(=O)N1CCN(C(=O)C2CC2)CC1. The fourth-order valence-electron chi connectivity index (χ4n) is 3.39. The number of halogens is 1. The Morgan fingerprint density at radius 1 is 1.16 bits per heavy atom. The first kappa shape index (κ1) is 18.1. The Balaban J connectivity index is 1.65. The molecule has 1 saturated carbocycles. The summed E-state index contributed by atoms with van der Waals surface area (Å²) in [5, 5.41) is 0.684. The van der Waals surface area contributed by atoms with Gasteiger partial charge < -0.3 is 14.5 Å². The first-order valence-corrected chi connectivity index (χ1v) is 9.19. The standard InChI is InChI=1S/C19H25ClN2O3/c1-12-10-16(25-3)15(13(2)18(12)20)11-17(23)21-6-8-22(9-7-21)19(24)14-4-5-14/h10,14H,4-9,11H2,1-3H3. The van der Waals surface area contributed by atoms with Crippen molar-refractivity contribution in [1.29, 1.82) is 0 Å². The van der Waals surface area contributed by atoms with E-state index < -0.39 is 0 Å². The lowest BCUT2D eigenvalue weighted by Gasteiger charge is -2.35. The molecule has 1 aromatic rings. The predicted molar refractivity (Wildman–Crippen MR) is 97.1 cm³/mol. The van der Waals surface area contributed by atoms with Crippen LogP contribution >= 0.6 is 11.6 Å². The molecule has 0 bridgehead atoms. The monoisotopic (exact) mass is 364 g/mol. The molecule has 0 spiro atoms. The number of benzene rings is 1. The molecule has 5 nitrogen and oxygen atoms in total. The summed E-state index contributed by atoms with van der Waals surface area (Å²) < 4.78 is 5.45. The van der Waals surface area contributed by atoms with Crippen molar-refractivity contribution in [2.75, 3.05) is 33.3 Å². The van der Waals surface area contributed by atoms with Crippen LogP contribution in [-0.2, 0) is 16.0 Å². The summed E-state index contributed by atoms with van der Waals surface area (Å²) >= 11 is 6.35. The van der Waals surface area contributed by atoms with E-state index >= 15 is 0 Å². The van der Waals surface area contributed by atoms with E-state index in [4.69, 9.17) is 16.3 Å². The molecule has 0 N–H and O–H groups in total. The third kappa shape index (κ3) is 3.76. The van der Waals surface area contributed by atoms with Crippen LogP contribution in [0.15, 0.2) is 6.07 Å². The van der Waals surface area contributed by atoms with Crippen molar-refractivity contribution in [1.82, 2.24) is 9.80 Å². The van der Waals surface area contributed by atoms with Gasteiger partial charge in [0.15, 0.2) is 0 Å². The molecule has 0 radical (unpaired) electrons. The molecule has 1 aliphatic carbocycles. The largest absolute Gasteiger partial charge is 0.496 e. The molecule has 2 fully saturated rings. The van der Waals surface area contributed by atoms with Crippen LogP contribution in [0.25, 0.3) is 0 Å². The van der Waals surface area contributed by atoms with Crippen molar-refractivity contribution in [3.63, 3.8) is 0 Å². The summed E-state index contributed by atoms with van der Waals surface area (Å²) in [5.74, 6) is 1.26. The number of nitrogens with zero attached hydrogens (tertiary/aromatic N) is 2. The van der Waals surface area contributed by atoms with Gasteiger partial charge >= 0.3 is 0 Å². The summed E-state index contributed by atoms with van der Waals surface area (Å²) in [6, 6.07) is 1.88. The molecule has 0 unspecified atom stereocenters. The lowest BCUT2D eigenvalue weighted by molar-refractivity contribution is -0.140. The smallest absolute Gasteiger partial charge is 0.227 e. The van der Waals surface area contributed by atoms with Gasteiger partial charge in [-0.25, -0.2) is 0 Å². The molecule has 136 valence electrons. The lowest BCUT2D eigenvalue weighted by Crippen LogP contribution is -2.51. The minimum atomic E-state index is 0.0554. The molecular weight excluding hydrogens is 340 g/mol. The second kappa shape index (κ2) is 7.24. The Morgan fingerprint density at radius 2 is 1.76 bits per heavy atom. The minimum Gasteiger partial charge on any atom is -0.496 e. The Hall–Kier alpha value is -1.75. The second-order valence-electron chi connectivity index (χ2n) is 6.97. The average molecular weight is 365 g/mol. The van der Waals surface area contributed by atoms with Crippen LogP contribution in [0.5, 0.6) is 5.75 Å². The number of aryl methyl sites for hydroxylation is 1. The first-order valence-electron chi connectivity index (χ1n) is 8.81. The molecule has 6 heteroatoms. The van der Waals surface area contributed by atoms with Crippen LogP contribution in [-0.4, -0.2) is 54.9 Å². The Kier molecular flexibility index (Phi) is 5.23. The number of piperazine rings is 1. The second-order valence-corrected chi connectivity index (χ2v) is 7.35. The maximum atomic E-state index is 12.7. The quantitative estimate of drug-likeness (QED) is 0.825. The van der Waals surface area contributed by atoms with Crippen LogP contribution in [0.1, 0.15) is 29.5 Å². The summed E-state index contributed by atoms with van der Waals surface area (Å²) in [5.41, 5.74) is 2.69. The predicted octanol–water partition coefficient (Wildman–Crippen LogP) is 2.59. The minimum absolute atomic E-state index is 0.0554. The van der Waals surface area contributed by atoms with E-state index in [9.17, 15) is 9.59 Å². The summed E-state index contributed by atoms with van der Waals surface area (Å²) in [6.07, 6.45) is 2.31. The van der Waals surface area contributed by atoms with Gasteiger partial charge in [0.2, 0.25) is 11.8 Å². The fraction of sp³-hybridized carbons (Fsp3) is 0.579. The van der Waals surface area contributed by atoms with E-state index in [-0.39, 0.29) is 24.2 Å². The van der Waals surface area contributed by atoms with Crippen LogP contribution in [0.3, 0.4) is 0 Å². The third-order valence-electron chi connectivity index (χ3n) is 5.19. The molecule has 0 atom stereocenters. The number of rotatable bonds is 4. The highest BCUT2D eigenvalue weighted by Gasteiger charge is 2.35. The number of amides is 2. The zero-order valence-corrected chi connectivity index (χ0v) is 15.9. The molecule has 1 saturated heterocycles. The molecule has 1 aliphatic heterocycles. The van der Waals surface area contributed by atoms with Crippen LogP contribution < -0.4 is 4.74 Å². The number of ether oxygens (including phenoxy) is 1. The highest BCUT2D eigenvalue weighted by molar-refractivity contribution is 6.32. The van der Waals surface area contributed by atoms with Gasteiger partial charge in [-0.3, -0.25) is 9.59 Å². The van der Waals surface area contributed by atoms with Crippen molar-refractivity contribution in [3.05, 3.63) is 27.8 Å². The fourth-order valence-corrected chi connectivity index (χ4v) is 3.56. The van der Waals surface area contributed by atoms with Gasteiger partial charge in [-0.1, -0.05) is 11.6 Å². The summed E-state index contributed by atoms with van der Waals surface area (Å²) in [7, 11) is 1.61. The maximum Gasteiger partial charge on any atom is 0.227 e. The zero-order chi connectivity index (χ0) is 18.1. The normalized spacial score (nSPS) is 17.6. The number of hydrogen-bond donors (Lipinski definition) is 0. The van der Waals surface area contributed by atoms with Crippen LogP contribution in [0.2, 0.25) is 5.02 Å². The molecule has 2 amide bonds. The van der Waals surface area contributed by atoms with Crippen LogP contribution in [0, 0.1) is 19.8 Å². The topological polar surface area (TPSA) is 49.9 Å². The van der Waals surface area contributed by atoms with Gasteiger partial charge in [-0.05, 0) is 43.9 Å². The van der Waals surface area contributed by atoms with Gasteiger partial charge in [0, 0.05) is 42.7 Å². The number of methoxy groups -OCH3 is 1. The maximum absolute atomic E-state index is 12.7. The summed E-state index contributed by atoms with van der Waals surface area (Å²) in [4.78, 5) is 28.6. The van der Waals surface area contributed by atoms with Crippen molar-refractivity contribution in [2.24, 2.45) is 5.92 Å². The van der Waals surface area contributed by atoms with E-state index in [1.54, 1.807) is 7.11 Å². The van der Waals surface area contributed by atoms with Gasteiger partial charge in [-0.2, -0.15) is 0 Å². The molecule has 25 heavy (non-hydrogen) atoms. The Bertz CT molecular complexity index is 692. The highest BCUT2D eigenvalue weighted by Crippen LogP contribution is 2.33. The van der Waals surface area contributed by atoms with Crippen molar-refractivity contribution < 1.29 is 14.3 Å². The van der Waals surface area contributed by atoms with Crippen molar-refractivity contribution >= 4 is 23.4 Å². The number of carbonyl (C=O) groups is 2. The van der Waals surface area contributed by atoms with Crippen molar-refractivity contribution in [3.8, 4) is 5.75 Å². The van der Waals surface area contributed by atoms with E-state index in [1.807, 2.05) is 29.7 Å². The van der Waals surface area contributed by atoms with Gasteiger partial charge in [0.1, 0.15) is 5.75 Å². The number of hydrogen-bond acceptors (Lipinski definition) is 3. The van der Waals surface area contributed by atoms with Crippen LogP contribution in [0.4, 0.5) is 0 Å². The molecule has 1 heterocycles. The highest BCUT2D eigenvalue weighted by atomic mass is 35.5. The van der Waals surface area contributed by atoms with Gasteiger partial charge in [-0.15, -0.1) is 0 Å². The van der Waals surface area contributed by atoms with E-state index in [0.717, 1.165) is 29.5 Å². The van der Waals surface area contributed by atoms with E-state index in [2.05, 4.69) is 0 Å². The molecule has 1 aromatic carbocycles. The Labute approximate surface area is 153 Å². The molecule has 3 rings (SSSR count). The van der Waals surface area contributed by atoms with Gasteiger partial charge in [0.05, 0.1) is 13.5 Å². The van der Waals surface area contributed by atoms with E-state index in [0.29, 0.717) is 37.0 Å². The lowest BCUT2D eigenvalue weighted by atomic mass is 10.0. The zero-order valence-electron chi connectivity index (χ0n) is 15.1. The first-order chi connectivity index (χ1) is 11.9. The van der Waals surface area contributed by atoms with E-state index in [1.165, 1.54) is 0 Å². The molecular formula is C19H25ClN2O3. The molecule has 2 aliphatic rings. The van der Waals surface area contributed by atoms with Crippen molar-refractivity contribution in [2.45, 2.75) is 33.1 Å². The third-order valence-corrected chi connectivity index (χ3v) is 5.77. The Morgan fingerprint density at radius 3 is 2.32 bits per heavy atom. The number of carbonyl (C=O) groups excluding carboxylic acids is 2. The summed E-state index contributed by atoms with van der Waals surface area (Å²) in [6.45, 7) is 6.31. The molecule has 0 aromatic heterocycles.